The number of benzene rings is 1. The van der Waals surface area contributed by atoms with Gasteiger partial charge in [-0.05, 0) is 24.5 Å². The van der Waals surface area contributed by atoms with Crippen LogP contribution >= 0.6 is 35.0 Å². The Balaban J connectivity index is 1.71. The van der Waals surface area contributed by atoms with E-state index in [2.05, 4.69) is 25.7 Å². The molecule has 1 aromatic carbocycles. The van der Waals surface area contributed by atoms with E-state index in [1.807, 2.05) is 6.26 Å². The van der Waals surface area contributed by atoms with Crippen LogP contribution in [-0.4, -0.2) is 58.7 Å². The second-order valence-electron chi connectivity index (χ2n) is 5.96. The molecule has 0 aliphatic heterocycles. The number of nitrogens with zero attached hydrogens (tertiary/aromatic N) is 4. The first-order chi connectivity index (χ1) is 14.0. The Morgan fingerprint density at radius 1 is 1.28 bits per heavy atom. The molecule has 29 heavy (non-hydrogen) atoms. The summed E-state index contributed by atoms with van der Waals surface area (Å²) in [6.45, 7) is 2.00. The summed E-state index contributed by atoms with van der Waals surface area (Å²) in [7, 11) is 1.65. The van der Waals surface area contributed by atoms with Crippen LogP contribution in [0, 0.1) is 0 Å². The van der Waals surface area contributed by atoms with Crippen molar-refractivity contribution < 1.29 is 9.53 Å². The van der Waals surface area contributed by atoms with E-state index in [4.69, 9.17) is 27.9 Å². The van der Waals surface area contributed by atoms with Gasteiger partial charge in [-0.2, -0.15) is 5.10 Å². The normalized spacial score (nSPS) is 11.0. The molecule has 1 amide bonds. The number of aromatic nitrogens is 4. The molecule has 2 aromatic heterocycles. The van der Waals surface area contributed by atoms with Crippen molar-refractivity contribution in [3.63, 3.8) is 0 Å². The van der Waals surface area contributed by atoms with Crippen molar-refractivity contribution in [3.8, 4) is 0 Å². The number of methoxy groups -OCH3 is 1. The Labute approximate surface area is 182 Å². The van der Waals surface area contributed by atoms with E-state index in [0.717, 1.165) is 5.39 Å². The molecule has 0 radical (unpaired) electrons. The van der Waals surface area contributed by atoms with Crippen molar-refractivity contribution in [2.75, 3.05) is 38.4 Å². The number of amides is 1. The minimum atomic E-state index is -0.274. The van der Waals surface area contributed by atoms with Crippen molar-refractivity contribution in [1.82, 2.24) is 25.1 Å². The number of rotatable bonds is 9. The first-order valence-electron chi connectivity index (χ1n) is 8.77. The van der Waals surface area contributed by atoms with Crippen LogP contribution < -0.4 is 10.6 Å². The molecule has 0 unspecified atom stereocenters. The lowest BCUT2D eigenvalue weighted by Crippen LogP contribution is -2.27. The van der Waals surface area contributed by atoms with Crippen LogP contribution in [0.3, 0.4) is 0 Å². The highest BCUT2D eigenvalue weighted by atomic mass is 35.5. The maximum absolute atomic E-state index is 12.4. The topological polar surface area (TPSA) is 94.0 Å². The molecular weight excluding hydrogens is 435 g/mol. The average Bonchev–Trinajstić information content (AvgIpc) is 3.11. The standard InChI is InChI=1S/C18H20Cl2N6O2S/c1-28-8-6-21-15-13-10-23-26(16(13)25-18(24-15)29-2)7-5-22-17(27)12-4-3-11(19)9-14(12)20/h3-4,9-10H,5-8H2,1-2H3,(H,22,27)(H,21,24,25). The monoisotopic (exact) mass is 454 g/mol. The van der Waals surface area contributed by atoms with Crippen molar-refractivity contribution in [1.29, 1.82) is 0 Å². The van der Waals surface area contributed by atoms with E-state index in [1.54, 1.807) is 30.1 Å². The molecule has 3 rings (SSSR count). The highest BCUT2D eigenvalue weighted by Gasteiger charge is 2.14. The molecule has 0 fully saturated rings. The van der Waals surface area contributed by atoms with E-state index in [9.17, 15) is 4.79 Å². The van der Waals surface area contributed by atoms with Crippen LogP contribution in [0.15, 0.2) is 29.6 Å². The Hall–Kier alpha value is -2.07. The summed E-state index contributed by atoms with van der Waals surface area (Å²) in [5.41, 5.74) is 1.07. The van der Waals surface area contributed by atoms with Crippen LogP contribution in [0.25, 0.3) is 11.0 Å². The molecule has 2 heterocycles. The molecular formula is C18H20Cl2N6O2S. The lowest BCUT2D eigenvalue weighted by atomic mass is 10.2. The SMILES string of the molecule is COCCNc1nc(SC)nc2c1cnn2CCNC(=O)c1ccc(Cl)cc1Cl. The van der Waals surface area contributed by atoms with Crippen molar-refractivity contribution in [3.05, 3.63) is 40.0 Å². The van der Waals surface area contributed by atoms with E-state index in [0.29, 0.717) is 58.5 Å². The van der Waals surface area contributed by atoms with Gasteiger partial charge in [0.25, 0.3) is 5.91 Å². The number of halogens is 2. The molecule has 3 aromatic rings. The Bertz CT molecular complexity index is 1010. The summed E-state index contributed by atoms with van der Waals surface area (Å²) in [5, 5.41) is 12.7. The minimum Gasteiger partial charge on any atom is -0.383 e. The number of anilines is 1. The third-order valence-electron chi connectivity index (χ3n) is 4.04. The van der Waals surface area contributed by atoms with Crippen molar-refractivity contribution in [2.45, 2.75) is 11.7 Å². The number of nitrogens with one attached hydrogen (secondary N) is 2. The zero-order chi connectivity index (χ0) is 20.8. The van der Waals surface area contributed by atoms with Gasteiger partial charge in [0, 0.05) is 25.2 Å². The lowest BCUT2D eigenvalue weighted by molar-refractivity contribution is 0.0952. The van der Waals surface area contributed by atoms with Crippen molar-refractivity contribution >= 4 is 57.7 Å². The van der Waals surface area contributed by atoms with Crippen LogP contribution in [0.5, 0.6) is 0 Å². The molecule has 154 valence electrons. The van der Waals surface area contributed by atoms with E-state index < -0.39 is 0 Å². The molecule has 0 atom stereocenters. The predicted octanol–water partition coefficient (Wildman–Crippen LogP) is 3.34. The first-order valence-corrected chi connectivity index (χ1v) is 10.7. The smallest absolute Gasteiger partial charge is 0.252 e. The molecule has 0 aliphatic carbocycles. The maximum atomic E-state index is 12.4. The average molecular weight is 455 g/mol. The Kier molecular flexibility index (Phi) is 7.54. The predicted molar refractivity (Wildman–Crippen MR) is 116 cm³/mol. The number of hydrogen-bond donors (Lipinski definition) is 2. The highest BCUT2D eigenvalue weighted by molar-refractivity contribution is 7.98. The van der Waals surface area contributed by atoms with Gasteiger partial charge in [-0.25, -0.2) is 14.6 Å². The first kappa shape index (κ1) is 21.6. The largest absolute Gasteiger partial charge is 0.383 e. The quantitative estimate of drug-likeness (QED) is 0.290. The van der Waals surface area contributed by atoms with E-state index >= 15 is 0 Å². The second-order valence-corrected chi connectivity index (χ2v) is 7.58. The Morgan fingerprint density at radius 2 is 2.10 bits per heavy atom. The molecule has 0 saturated heterocycles. The van der Waals surface area contributed by atoms with Gasteiger partial charge in [-0.3, -0.25) is 4.79 Å². The molecule has 2 N–H and O–H groups in total. The lowest BCUT2D eigenvalue weighted by Gasteiger charge is -2.09. The highest BCUT2D eigenvalue weighted by Crippen LogP contribution is 2.23. The van der Waals surface area contributed by atoms with Gasteiger partial charge in [0.05, 0.1) is 35.3 Å². The fourth-order valence-corrected chi connectivity index (χ4v) is 3.50. The number of thioether (sulfide) groups is 1. The fourth-order valence-electron chi connectivity index (χ4n) is 2.64. The summed E-state index contributed by atoms with van der Waals surface area (Å²) in [4.78, 5) is 21.4. The van der Waals surface area contributed by atoms with Crippen LogP contribution in [0.2, 0.25) is 10.0 Å². The summed E-state index contributed by atoms with van der Waals surface area (Å²) >= 11 is 13.4. The summed E-state index contributed by atoms with van der Waals surface area (Å²) in [6, 6.07) is 4.76. The second kappa shape index (κ2) is 10.1. The van der Waals surface area contributed by atoms with Gasteiger partial charge in [-0.1, -0.05) is 35.0 Å². The molecule has 8 nitrogen and oxygen atoms in total. The number of carbonyl (C=O) groups is 1. The third-order valence-corrected chi connectivity index (χ3v) is 5.14. The Morgan fingerprint density at radius 3 is 2.83 bits per heavy atom. The van der Waals surface area contributed by atoms with Gasteiger partial charge < -0.3 is 15.4 Å². The van der Waals surface area contributed by atoms with E-state index in [1.165, 1.54) is 17.8 Å². The van der Waals surface area contributed by atoms with Crippen LogP contribution in [0.4, 0.5) is 5.82 Å². The van der Waals surface area contributed by atoms with E-state index in [-0.39, 0.29) is 5.91 Å². The van der Waals surface area contributed by atoms with Gasteiger partial charge in [0.2, 0.25) is 0 Å². The molecule has 11 heteroatoms. The fraction of sp³-hybridized carbons (Fsp3) is 0.333. The summed E-state index contributed by atoms with van der Waals surface area (Å²) in [6.07, 6.45) is 3.63. The van der Waals surface area contributed by atoms with Crippen LogP contribution in [0.1, 0.15) is 10.4 Å². The third kappa shape index (κ3) is 5.30. The van der Waals surface area contributed by atoms with Gasteiger partial charge in [0.15, 0.2) is 10.8 Å². The number of ether oxygens (including phenoxy) is 1. The molecule has 0 aliphatic rings. The number of carbonyl (C=O) groups excluding carboxylic acids is 1. The maximum Gasteiger partial charge on any atom is 0.252 e. The number of fused-ring (bicyclic) bond motifs is 1. The van der Waals surface area contributed by atoms with Crippen LogP contribution in [-0.2, 0) is 11.3 Å². The van der Waals surface area contributed by atoms with Crippen molar-refractivity contribution in [2.24, 2.45) is 0 Å². The van der Waals surface area contributed by atoms with Gasteiger partial charge in [-0.15, -0.1) is 0 Å². The zero-order valence-corrected chi connectivity index (χ0v) is 18.2. The summed E-state index contributed by atoms with van der Waals surface area (Å²) < 4.78 is 6.81. The minimum absolute atomic E-state index is 0.274. The number of hydrogen-bond acceptors (Lipinski definition) is 7. The van der Waals surface area contributed by atoms with Gasteiger partial charge >= 0.3 is 0 Å². The summed E-state index contributed by atoms with van der Waals surface area (Å²) in [5.74, 6) is 0.434. The van der Waals surface area contributed by atoms with Gasteiger partial charge in [0.1, 0.15) is 5.82 Å². The molecule has 0 bridgehead atoms. The molecule has 0 saturated carbocycles. The zero-order valence-electron chi connectivity index (χ0n) is 15.9. The molecule has 0 spiro atoms.